The lowest BCUT2D eigenvalue weighted by molar-refractivity contribution is -0.0539. The molecule has 2 rings (SSSR count). The van der Waals surface area contributed by atoms with Crippen LogP contribution in [0, 0.1) is 0 Å². The van der Waals surface area contributed by atoms with Gasteiger partial charge in [-0.2, -0.15) is 5.10 Å². The van der Waals surface area contributed by atoms with Gasteiger partial charge in [-0.05, 0) is 19.3 Å². The van der Waals surface area contributed by atoms with Gasteiger partial charge in [-0.25, -0.2) is 4.79 Å². The number of rotatable bonds is 3. The molecule has 0 amide bonds. The van der Waals surface area contributed by atoms with E-state index in [4.69, 9.17) is 9.47 Å². The number of ether oxygens (including phenoxy) is 2. The van der Waals surface area contributed by atoms with Crippen molar-refractivity contribution in [1.82, 2.24) is 9.78 Å². The Morgan fingerprint density at radius 3 is 2.71 bits per heavy atom. The Hall–Kier alpha value is -1.36. The predicted octanol–water partition coefficient (Wildman–Crippen LogP) is 1.53. The molecule has 1 aromatic heterocycles. The summed E-state index contributed by atoms with van der Waals surface area (Å²) in [6.07, 6.45) is 7.15. The molecule has 1 heterocycles. The number of aryl methyl sites for hydroxylation is 1. The van der Waals surface area contributed by atoms with Gasteiger partial charge in [0, 0.05) is 20.4 Å². The van der Waals surface area contributed by atoms with E-state index in [0.29, 0.717) is 5.56 Å². The Balaban J connectivity index is 1.97. The first-order valence-corrected chi connectivity index (χ1v) is 5.93. The maximum absolute atomic E-state index is 11.9. The van der Waals surface area contributed by atoms with E-state index in [2.05, 4.69) is 5.10 Å². The average Bonchev–Trinajstić information content (AvgIpc) is 2.77. The fraction of sp³-hybridized carbons (Fsp3) is 0.667. The summed E-state index contributed by atoms with van der Waals surface area (Å²) in [5.41, 5.74) is 0.493. The van der Waals surface area contributed by atoms with E-state index in [0.717, 1.165) is 25.7 Å². The fourth-order valence-corrected chi connectivity index (χ4v) is 2.20. The smallest absolute Gasteiger partial charge is 0.341 e. The van der Waals surface area contributed by atoms with E-state index in [9.17, 15) is 4.79 Å². The molecule has 2 atom stereocenters. The maximum atomic E-state index is 11.9. The Morgan fingerprint density at radius 1 is 1.41 bits per heavy atom. The second-order valence-corrected chi connectivity index (χ2v) is 4.41. The van der Waals surface area contributed by atoms with Crippen molar-refractivity contribution >= 4 is 5.97 Å². The van der Waals surface area contributed by atoms with Gasteiger partial charge in [0.15, 0.2) is 0 Å². The van der Waals surface area contributed by atoms with Crippen LogP contribution >= 0.6 is 0 Å². The third-order valence-electron chi connectivity index (χ3n) is 3.14. The molecular weight excluding hydrogens is 220 g/mol. The molecule has 0 radical (unpaired) electrons. The van der Waals surface area contributed by atoms with Crippen molar-refractivity contribution in [2.24, 2.45) is 7.05 Å². The van der Waals surface area contributed by atoms with Crippen molar-refractivity contribution in [1.29, 1.82) is 0 Å². The quantitative estimate of drug-likeness (QED) is 0.749. The van der Waals surface area contributed by atoms with Crippen molar-refractivity contribution in [3.63, 3.8) is 0 Å². The zero-order chi connectivity index (χ0) is 12.3. The molecule has 1 aliphatic carbocycles. The van der Waals surface area contributed by atoms with Gasteiger partial charge >= 0.3 is 5.97 Å². The number of nitrogens with zero attached hydrogens (tertiary/aromatic N) is 2. The summed E-state index contributed by atoms with van der Waals surface area (Å²) in [7, 11) is 3.44. The normalized spacial score (nSPS) is 24.6. The number of esters is 1. The summed E-state index contributed by atoms with van der Waals surface area (Å²) in [4.78, 5) is 11.9. The second kappa shape index (κ2) is 5.31. The van der Waals surface area contributed by atoms with Crippen LogP contribution in [0.2, 0.25) is 0 Å². The lowest BCUT2D eigenvalue weighted by Crippen LogP contribution is -2.35. The van der Waals surface area contributed by atoms with Crippen LogP contribution in [0.4, 0.5) is 0 Å². The molecule has 1 aliphatic rings. The molecule has 17 heavy (non-hydrogen) atoms. The zero-order valence-electron chi connectivity index (χ0n) is 10.3. The van der Waals surface area contributed by atoms with Crippen molar-refractivity contribution in [2.75, 3.05) is 7.11 Å². The molecule has 0 N–H and O–H groups in total. The molecule has 0 saturated heterocycles. The van der Waals surface area contributed by atoms with E-state index in [1.165, 1.54) is 6.20 Å². The fourth-order valence-electron chi connectivity index (χ4n) is 2.20. The first kappa shape index (κ1) is 12.1. The van der Waals surface area contributed by atoms with Gasteiger partial charge in [0.2, 0.25) is 0 Å². The van der Waals surface area contributed by atoms with Crippen LogP contribution in [0.1, 0.15) is 36.0 Å². The number of carbonyl (C=O) groups excluding carboxylic acids is 1. The number of carbonyl (C=O) groups is 1. The Kier molecular flexibility index (Phi) is 3.78. The highest BCUT2D eigenvalue weighted by atomic mass is 16.6. The zero-order valence-corrected chi connectivity index (χ0v) is 10.3. The SMILES string of the molecule is COC1CCCCC1OC(=O)c1cnn(C)c1. The standard InChI is InChI=1S/C12H18N2O3/c1-14-8-9(7-13-14)12(15)17-11-6-4-3-5-10(11)16-2/h7-8,10-11H,3-6H2,1-2H3. The molecule has 5 nitrogen and oxygen atoms in total. The summed E-state index contributed by atoms with van der Waals surface area (Å²) >= 11 is 0. The first-order valence-electron chi connectivity index (χ1n) is 5.93. The molecule has 5 heteroatoms. The van der Waals surface area contributed by atoms with Gasteiger partial charge in [0.25, 0.3) is 0 Å². The lowest BCUT2D eigenvalue weighted by atomic mass is 9.94. The van der Waals surface area contributed by atoms with Crippen LogP contribution < -0.4 is 0 Å². The number of methoxy groups -OCH3 is 1. The Labute approximate surface area is 101 Å². The summed E-state index contributed by atoms with van der Waals surface area (Å²) < 4.78 is 12.4. The second-order valence-electron chi connectivity index (χ2n) is 4.41. The summed E-state index contributed by atoms with van der Waals surface area (Å²) in [6.45, 7) is 0. The minimum absolute atomic E-state index is 0.0318. The van der Waals surface area contributed by atoms with E-state index in [1.807, 2.05) is 0 Å². The van der Waals surface area contributed by atoms with Gasteiger partial charge in [0.05, 0.1) is 17.9 Å². The van der Waals surface area contributed by atoms with Crippen LogP contribution in [0.3, 0.4) is 0 Å². The van der Waals surface area contributed by atoms with Crippen LogP contribution in [-0.2, 0) is 16.5 Å². The lowest BCUT2D eigenvalue weighted by Gasteiger charge is -2.29. The van der Waals surface area contributed by atoms with E-state index in [-0.39, 0.29) is 18.2 Å². The summed E-state index contributed by atoms with van der Waals surface area (Å²) in [6, 6.07) is 0. The van der Waals surface area contributed by atoms with Gasteiger partial charge in [-0.1, -0.05) is 6.42 Å². The molecule has 0 bridgehead atoms. The highest BCUT2D eigenvalue weighted by Crippen LogP contribution is 2.24. The predicted molar refractivity (Wildman–Crippen MR) is 61.7 cm³/mol. The highest BCUT2D eigenvalue weighted by Gasteiger charge is 2.28. The molecule has 94 valence electrons. The Bertz CT molecular complexity index is 389. The van der Waals surface area contributed by atoms with Gasteiger partial charge in [0.1, 0.15) is 6.10 Å². The van der Waals surface area contributed by atoms with Crippen molar-refractivity contribution < 1.29 is 14.3 Å². The van der Waals surface area contributed by atoms with Crippen molar-refractivity contribution in [3.05, 3.63) is 18.0 Å². The molecule has 0 aliphatic heterocycles. The van der Waals surface area contributed by atoms with Crippen molar-refractivity contribution in [3.8, 4) is 0 Å². The molecule has 2 unspecified atom stereocenters. The van der Waals surface area contributed by atoms with Crippen molar-refractivity contribution in [2.45, 2.75) is 37.9 Å². The van der Waals surface area contributed by atoms with Crippen LogP contribution in [0.5, 0.6) is 0 Å². The topological polar surface area (TPSA) is 53.4 Å². The monoisotopic (exact) mass is 238 g/mol. The van der Waals surface area contributed by atoms with Gasteiger partial charge < -0.3 is 9.47 Å². The number of hydrogen-bond donors (Lipinski definition) is 0. The van der Waals surface area contributed by atoms with Crippen LogP contribution in [0.25, 0.3) is 0 Å². The molecule has 0 spiro atoms. The van der Waals surface area contributed by atoms with Crippen LogP contribution in [0.15, 0.2) is 12.4 Å². The number of aromatic nitrogens is 2. The third-order valence-corrected chi connectivity index (χ3v) is 3.14. The molecule has 1 fully saturated rings. The maximum Gasteiger partial charge on any atom is 0.341 e. The summed E-state index contributed by atoms with van der Waals surface area (Å²) in [5.74, 6) is -0.313. The molecule has 1 saturated carbocycles. The number of hydrogen-bond acceptors (Lipinski definition) is 4. The molecule has 0 aromatic carbocycles. The van der Waals surface area contributed by atoms with Crippen LogP contribution in [-0.4, -0.2) is 35.1 Å². The van der Waals surface area contributed by atoms with E-state index < -0.39 is 0 Å². The van der Waals surface area contributed by atoms with Gasteiger partial charge in [-0.3, -0.25) is 4.68 Å². The highest BCUT2D eigenvalue weighted by molar-refractivity contribution is 5.88. The first-order chi connectivity index (χ1) is 8.20. The average molecular weight is 238 g/mol. The van der Waals surface area contributed by atoms with E-state index >= 15 is 0 Å². The molecule has 1 aromatic rings. The van der Waals surface area contributed by atoms with E-state index in [1.54, 1.807) is 25.0 Å². The molecular formula is C12H18N2O3. The summed E-state index contributed by atoms with van der Waals surface area (Å²) in [5, 5.41) is 3.95. The third kappa shape index (κ3) is 2.85. The largest absolute Gasteiger partial charge is 0.456 e. The minimum Gasteiger partial charge on any atom is -0.456 e. The van der Waals surface area contributed by atoms with Gasteiger partial charge in [-0.15, -0.1) is 0 Å². The Morgan fingerprint density at radius 2 is 2.12 bits per heavy atom. The minimum atomic E-state index is -0.313.